The second-order valence-electron chi connectivity index (χ2n) is 3.50. The quantitative estimate of drug-likeness (QED) is 0.631. The molecule has 0 unspecified atom stereocenters. The van der Waals surface area contributed by atoms with E-state index in [0.717, 1.165) is 6.07 Å². The Morgan fingerprint density at radius 2 is 2.12 bits per heavy atom. The summed E-state index contributed by atoms with van der Waals surface area (Å²) < 4.78 is 13.3. The summed E-state index contributed by atoms with van der Waals surface area (Å²) in [6.45, 7) is 0.478. The van der Waals surface area contributed by atoms with E-state index in [0.29, 0.717) is 6.54 Å². The van der Waals surface area contributed by atoms with Crippen molar-refractivity contribution in [1.82, 2.24) is 5.32 Å². The minimum Gasteiger partial charge on any atom is -0.478 e. The van der Waals surface area contributed by atoms with Crippen molar-refractivity contribution < 1.29 is 19.1 Å². The number of rotatable bonds is 6. The number of carboxylic acids is 1. The van der Waals surface area contributed by atoms with Crippen LogP contribution in [0.25, 0.3) is 0 Å². The van der Waals surface area contributed by atoms with Crippen molar-refractivity contribution in [3.05, 3.63) is 35.1 Å². The lowest BCUT2D eigenvalue weighted by atomic mass is 10.1. The Kier molecular flexibility index (Phi) is 4.59. The Hall–Kier alpha value is -1.95. The fourth-order valence-electron chi connectivity index (χ4n) is 1.28. The van der Waals surface area contributed by atoms with Gasteiger partial charge in [0.05, 0.1) is 5.56 Å². The highest BCUT2D eigenvalue weighted by Crippen LogP contribution is 2.10. The van der Waals surface area contributed by atoms with E-state index < -0.39 is 17.7 Å². The minimum absolute atomic E-state index is 0.0260. The molecule has 0 heterocycles. The van der Waals surface area contributed by atoms with Crippen molar-refractivity contribution in [3.63, 3.8) is 0 Å². The maximum absolute atomic E-state index is 13.3. The van der Waals surface area contributed by atoms with E-state index in [2.05, 4.69) is 5.32 Å². The van der Waals surface area contributed by atoms with Crippen molar-refractivity contribution in [1.29, 1.82) is 0 Å². The van der Waals surface area contributed by atoms with Crippen LogP contribution in [0.3, 0.4) is 0 Å². The summed E-state index contributed by atoms with van der Waals surface area (Å²) in [5.41, 5.74) is 5.21. The SMILES string of the molecule is NC(=O)CCNCc1cc(C(=O)O)ccc1F. The Morgan fingerprint density at radius 1 is 1.41 bits per heavy atom. The first kappa shape index (κ1) is 13.1. The number of halogens is 1. The van der Waals surface area contributed by atoms with Crippen molar-refractivity contribution in [3.8, 4) is 0 Å². The fourth-order valence-corrected chi connectivity index (χ4v) is 1.28. The molecule has 0 aromatic heterocycles. The average Bonchev–Trinajstić information content (AvgIpc) is 2.25. The topological polar surface area (TPSA) is 92.4 Å². The monoisotopic (exact) mass is 240 g/mol. The largest absolute Gasteiger partial charge is 0.478 e. The van der Waals surface area contributed by atoms with Gasteiger partial charge in [-0.2, -0.15) is 0 Å². The zero-order chi connectivity index (χ0) is 12.8. The zero-order valence-corrected chi connectivity index (χ0v) is 9.07. The number of benzene rings is 1. The number of carbonyl (C=O) groups excluding carboxylic acids is 1. The molecule has 1 aromatic carbocycles. The predicted octanol–water partition coefficient (Wildman–Crippen LogP) is 0.489. The molecule has 0 bridgehead atoms. The third kappa shape index (κ3) is 4.20. The lowest BCUT2D eigenvalue weighted by molar-refractivity contribution is -0.117. The number of aromatic carboxylic acids is 1. The summed E-state index contributed by atoms with van der Waals surface area (Å²) in [5.74, 6) is -2.04. The Labute approximate surface area is 97.4 Å². The van der Waals surface area contributed by atoms with Crippen LogP contribution >= 0.6 is 0 Å². The third-order valence-corrected chi connectivity index (χ3v) is 2.16. The molecule has 0 saturated carbocycles. The molecule has 0 aliphatic rings. The number of amides is 1. The minimum atomic E-state index is -1.11. The molecule has 0 aliphatic heterocycles. The van der Waals surface area contributed by atoms with Gasteiger partial charge in [-0.25, -0.2) is 9.18 Å². The van der Waals surface area contributed by atoms with Crippen LogP contribution in [-0.4, -0.2) is 23.5 Å². The highest BCUT2D eigenvalue weighted by Gasteiger charge is 2.08. The van der Waals surface area contributed by atoms with Gasteiger partial charge in [0.2, 0.25) is 5.91 Å². The predicted molar refractivity (Wildman–Crippen MR) is 58.9 cm³/mol. The summed E-state index contributed by atoms with van der Waals surface area (Å²) in [4.78, 5) is 21.1. The van der Waals surface area contributed by atoms with Gasteiger partial charge in [0.1, 0.15) is 5.82 Å². The van der Waals surface area contributed by atoms with E-state index in [1.54, 1.807) is 0 Å². The van der Waals surface area contributed by atoms with Crippen LogP contribution in [0, 0.1) is 5.82 Å². The van der Waals surface area contributed by atoms with Crippen molar-refractivity contribution in [2.45, 2.75) is 13.0 Å². The number of primary amides is 1. The number of hydrogen-bond donors (Lipinski definition) is 3. The second kappa shape index (κ2) is 5.95. The van der Waals surface area contributed by atoms with Gasteiger partial charge >= 0.3 is 5.97 Å². The van der Waals surface area contributed by atoms with Gasteiger partial charge in [-0.05, 0) is 18.2 Å². The van der Waals surface area contributed by atoms with Crippen LogP contribution in [-0.2, 0) is 11.3 Å². The smallest absolute Gasteiger partial charge is 0.335 e. The van der Waals surface area contributed by atoms with Gasteiger partial charge in [-0.1, -0.05) is 0 Å². The molecule has 0 aliphatic carbocycles. The molecule has 92 valence electrons. The van der Waals surface area contributed by atoms with Crippen molar-refractivity contribution in [2.75, 3.05) is 6.54 Å². The van der Waals surface area contributed by atoms with Crippen LogP contribution in [0.5, 0.6) is 0 Å². The Morgan fingerprint density at radius 3 is 2.71 bits per heavy atom. The van der Waals surface area contributed by atoms with Crippen LogP contribution in [0.15, 0.2) is 18.2 Å². The van der Waals surface area contributed by atoms with E-state index in [1.807, 2.05) is 0 Å². The number of nitrogens with two attached hydrogens (primary N) is 1. The first-order chi connectivity index (χ1) is 8.00. The number of nitrogens with one attached hydrogen (secondary N) is 1. The lowest BCUT2D eigenvalue weighted by Gasteiger charge is -2.06. The summed E-state index contributed by atoms with van der Waals surface area (Å²) in [6, 6.07) is 3.56. The number of carboxylic acid groups (broad SMARTS) is 1. The summed E-state index contributed by atoms with van der Waals surface area (Å²) >= 11 is 0. The Bertz CT molecular complexity index is 435. The molecule has 4 N–H and O–H groups in total. The molecule has 1 aromatic rings. The fraction of sp³-hybridized carbons (Fsp3) is 0.273. The molecular weight excluding hydrogens is 227 g/mol. The van der Waals surface area contributed by atoms with Crippen molar-refractivity contribution >= 4 is 11.9 Å². The first-order valence-corrected chi connectivity index (χ1v) is 5.01. The van der Waals surface area contributed by atoms with Crippen LogP contribution < -0.4 is 11.1 Å². The van der Waals surface area contributed by atoms with Crippen molar-refractivity contribution in [2.24, 2.45) is 5.73 Å². The van der Waals surface area contributed by atoms with E-state index in [4.69, 9.17) is 10.8 Å². The summed E-state index contributed by atoms with van der Waals surface area (Å²) in [7, 11) is 0. The molecule has 0 spiro atoms. The van der Waals surface area contributed by atoms with E-state index in [1.165, 1.54) is 12.1 Å². The van der Waals surface area contributed by atoms with Gasteiger partial charge in [0.25, 0.3) is 0 Å². The van der Waals surface area contributed by atoms with E-state index in [9.17, 15) is 14.0 Å². The Balaban J connectivity index is 2.60. The molecule has 1 rings (SSSR count). The third-order valence-electron chi connectivity index (χ3n) is 2.16. The lowest BCUT2D eigenvalue weighted by Crippen LogP contribution is -2.22. The maximum atomic E-state index is 13.3. The molecule has 0 saturated heterocycles. The standard InChI is InChI=1S/C11H13FN2O3/c12-9-2-1-7(11(16)17)5-8(9)6-14-4-3-10(13)15/h1-2,5,14H,3-4,6H2,(H2,13,15)(H,16,17). The molecule has 17 heavy (non-hydrogen) atoms. The van der Waals surface area contributed by atoms with Crippen LogP contribution in [0.2, 0.25) is 0 Å². The van der Waals surface area contributed by atoms with Gasteiger partial charge < -0.3 is 16.2 Å². The molecule has 0 atom stereocenters. The van der Waals surface area contributed by atoms with Gasteiger partial charge in [-0.3, -0.25) is 4.79 Å². The summed E-state index contributed by atoms with van der Waals surface area (Å²) in [6.07, 6.45) is 0.153. The number of carbonyl (C=O) groups is 2. The zero-order valence-electron chi connectivity index (χ0n) is 9.07. The maximum Gasteiger partial charge on any atom is 0.335 e. The van der Waals surface area contributed by atoms with E-state index in [-0.39, 0.29) is 24.1 Å². The first-order valence-electron chi connectivity index (χ1n) is 5.01. The molecule has 0 radical (unpaired) electrons. The second-order valence-corrected chi connectivity index (χ2v) is 3.50. The van der Waals surface area contributed by atoms with E-state index >= 15 is 0 Å². The molecular formula is C11H13FN2O3. The van der Waals surface area contributed by atoms with Gasteiger partial charge in [0.15, 0.2) is 0 Å². The number of hydrogen-bond acceptors (Lipinski definition) is 3. The van der Waals surface area contributed by atoms with Gasteiger partial charge in [0, 0.05) is 25.1 Å². The molecule has 0 fully saturated rings. The molecule has 6 heteroatoms. The normalized spacial score (nSPS) is 10.2. The highest BCUT2D eigenvalue weighted by molar-refractivity contribution is 5.87. The molecule has 1 amide bonds. The van der Waals surface area contributed by atoms with Gasteiger partial charge in [-0.15, -0.1) is 0 Å². The summed E-state index contributed by atoms with van der Waals surface area (Å²) in [5, 5.41) is 11.5. The van der Waals surface area contributed by atoms with Crippen LogP contribution in [0.1, 0.15) is 22.3 Å². The molecule has 5 nitrogen and oxygen atoms in total. The average molecular weight is 240 g/mol. The highest BCUT2D eigenvalue weighted by atomic mass is 19.1. The van der Waals surface area contributed by atoms with Crippen LogP contribution in [0.4, 0.5) is 4.39 Å².